The summed E-state index contributed by atoms with van der Waals surface area (Å²) in [6, 6.07) is 11.9. The number of carbonyl (C=O) groups excluding carboxylic acids is 1. The first-order valence-electron chi connectivity index (χ1n) is 7.02. The summed E-state index contributed by atoms with van der Waals surface area (Å²) >= 11 is 0. The standard InChI is InChI=1S/C18H21NO2/c1-12-5-6-17(15(4)8-12)21-11-18(20)19-16-9-13(2)7-14(3)10-16/h5-10H,11H2,1-4H3,(H,19,20). The van der Waals surface area contributed by atoms with Crippen molar-refractivity contribution in [3.63, 3.8) is 0 Å². The third-order valence-corrected chi connectivity index (χ3v) is 3.19. The van der Waals surface area contributed by atoms with Crippen LogP contribution in [0.2, 0.25) is 0 Å². The van der Waals surface area contributed by atoms with Crippen LogP contribution in [-0.4, -0.2) is 12.5 Å². The summed E-state index contributed by atoms with van der Waals surface area (Å²) in [5.74, 6) is 0.594. The van der Waals surface area contributed by atoms with Crippen molar-refractivity contribution in [2.24, 2.45) is 0 Å². The maximum absolute atomic E-state index is 12.0. The number of hydrogen-bond acceptors (Lipinski definition) is 2. The van der Waals surface area contributed by atoms with Crippen LogP contribution < -0.4 is 10.1 Å². The second-order valence-corrected chi connectivity index (χ2v) is 5.48. The monoisotopic (exact) mass is 283 g/mol. The predicted octanol–water partition coefficient (Wildman–Crippen LogP) is 3.94. The Bertz CT molecular complexity index is 642. The molecule has 2 aromatic carbocycles. The summed E-state index contributed by atoms with van der Waals surface area (Å²) in [5.41, 5.74) is 5.27. The first-order valence-corrected chi connectivity index (χ1v) is 7.02. The van der Waals surface area contributed by atoms with E-state index in [-0.39, 0.29) is 12.5 Å². The Balaban J connectivity index is 1.95. The summed E-state index contributed by atoms with van der Waals surface area (Å²) in [6.07, 6.45) is 0. The smallest absolute Gasteiger partial charge is 0.262 e. The summed E-state index contributed by atoms with van der Waals surface area (Å²) in [4.78, 5) is 12.0. The number of aryl methyl sites for hydroxylation is 4. The average Bonchev–Trinajstić information content (AvgIpc) is 2.36. The highest BCUT2D eigenvalue weighted by atomic mass is 16.5. The molecule has 3 nitrogen and oxygen atoms in total. The molecule has 0 aromatic heterocycles. The van der Waals surface area contributed by atoms with Gasteiger partial charge in [0.25, 0.3) is 5.91 Å². The lowest BCUT2D eigenvalue weighted by Crippen LogP contribution is -2.20. The maximum Gasteiger partial charge on any atom is 0.262 e. The van der Waals surface area contributed by atoms with Crippen LogP contribution >= 0.6 is 0 Å². The molecule has 0 unspecified atom stereocenters. The van der Waals surface area contributed by atoms with E-state index in [4.69, 9.17) is 4.74 Å². The molecule has 0 saturated heterocycles. The van der Waals surface area contributed by atoms with Gasteiger partial charge < -0.3 is 10.1 Å². The molecular weight excluding hydrogens is 262 g/mol. The van der Waals surface area contributed by atoms with Crippen LogP contribution in [0.4, 0.5) is 5.69 Å². The number of ether oxygens (including phenoxy) is 1. The minimum absolute atomic E-state index is 0.0108. The van der Waals surface area contributed by atoms with Crippen molar-refractivity contribution in [1.82, 2.24) is 0 Å². The van der Waals surface area contributed by atoms with E-state index >= 15 is 0 Å². The molecule has 0 aliphatic heterocycles. The van der Waals surface area contributed by atoms with E-state index in [9.17, 15) is 4.79 Å². The van der Waals surface area contributed by atoms with Gasteiger partial charge in [0.1, 0.15) is 5.75 Å². The summed E-state index contributed by atoms with van der Waals surface area (Å²) < 4.78 is 5.57. The first kappa shape index (κ1) is 15.1. The maximum atomic E-state index is 12.0. The van der Waals surface area contributed by atoms with Gasteiger partial charge in [-0.05, 0) is 62.6 Å². The molecule has 0 spiro atoms. The van der Waals surface area contributed by atoms with Gasteiger partial charge in [0.15, 0.2) is 6.61 Å². The fourth-order valence-electron chi connectivity index (χ4n) is 2.35. The number of rotatable bonds is 4. The normalized spacial score (nSPS) is 10.3. The van der Waals surface area contributed by atoms with Crippen molar-refractivity contribution in [3.8, 4) is 5.75 Å². The third kappa shape index (κ3) is 4.35. The molecule has 0 aliphatic carbocycles. The molecule has 0 aliphatic rings. The van der Waals surface area contributed by atoms with Crippen molar-refractivity contribution in [2.45, 2.75) is 27.7 Å². The van der Waals surface area contributed by atoms with Crippen LogP contribution in [0.5, 0.6) is 5.75 Å². The lowest BCUT2D eigenvalue weighted by molar-refractivity contribution is -0.118. The van der Waals surface area contributed by atoms with E-state index in [1.807, 2.05) is 58.0 Å². The molecular formula is C18H21NO2. The highest BCUT2D eigenvalue weighted by molar-refractivity contribution is 5.92. The van der Waals surface area contributed by atoms with E-state index < -0.39 is 0 Å². The van der Waals surface area contributed by atoms with Gasteiger partial charge in [-0.25, -0.2) is 0 Å². The fraction of sp³-hybridized carbons (Fsp3) is 0.278. The molecule has 2 aromatic rings. The Morgan fingerprint density at radius 3 is 2.24 bits per heavy atom. The number of nitrogens with one attached hydrogen (secondary N) is 1. The van der Waals surface area contributed by atoms with Crippen molar-refractivity contribution >= 4 is 11.6 Å². The van der Waals surface area contributed by atoms with Crippen LogP contribution in [0.25, 0.3) is 0 Å². The van der Waals surface area contributed by atoms with Gasteiger partial charge in [0.05, 0.1) is 0 Å². The van der Waals surface area contributed by atoms with Crippen LogP contribution in [0.1, 0.15) is 22.3 Å². The van der Waals surface area contributed by atoms with Gasteiger partial charge in [0, 0.05) is 5.69 Å². The van der Waals surface area contributed by atoms with Gasteiger partial charge >= 0.3 is 0 Å². The van der Waals surface area contributed by atoms with Crippen molar-refractivity contribution in [3.05, 3.63) is 58.7 Å². The Morgan fingerprint density at radius 1 is 0.952 bits per heavy atom. The Hall–Kier alpha value is -2.29. The highest BCUT2D eigenvalue weighted by Crippen LogP contribution is 2.19. The van der Waals surface area contributed by atoms with E-state index in [1.165, 1.54) is 5.56 Å². The Morgan fingerprint density at radius 2 is 1.62 bits per heavy atom. The molecule has 2 rings (SSSR count). The number of carbonyl (C=O) groups is 1. The van der Waals surface area contributed by atoms with Gasteiger partial charge in [-0.1, -0.05) is 23.8 Å². The van der Waals surface area contributed by atoms with Gasteiger partial charge in [0.2, 0.25) is 0 Å². The Labute approximate surface area is 126 Å². The molecule has 0 atom stereocenters. The van der Waals surface area contributed by atoms with Crippen molar-refractivity contribution in [2.75, 3.05) is 11.9 Å². The van der Waals surface area contributed by atoms with Crippen LogP contribution in [0, 0.1) is 27.7 Å². The van der Waals surface area contributed by atoms with E-state index in [0.29, 0.717) is 0 Å². The lowest BCUT2D eigenvalue weighted by atomic mass is 10.1. The molecule has 110 valence electrons. The largest absolute Gasteiger partial charge is 0.483 e. The predicted molar refractivity (Wildman–Crippen MR) is 86.0 cm³/mol. The lowest BCUT2D eigenvalue weighted by Gasteiger charge is -2.11. The molecule has 1 amide bonds. The number of amides is 1. The quantitative estimate of drug-likeness (QED) is 0.923. The van der Waals surface area contributed by atoms with Gasteiger partial charge in [-0.2, -0.15) is 0 Å². The number of hydrogen-bond donors (Lipinski definition) is 1. The van der Waals surface area contributed by atoms with E-state index in [1.54, 1.807) is 0 Å². The fourth-order valence-corrected chi connectivity index (χ4v) is 2.35. The summed E-state index contributed by atoms with van der Waals surface area (Å²) in [6.45, 7) is 8.04. The zero-order valence-electron chi connectivity index (χ0n) is 13.0. The SMILES string of the molecule is Cc1cc(C)cc(NC(=O)COc2ccc(C)cc2C)c1. The van der Waals surface area contributed by atoms with Crippen LogP contribution in [0.15, 0.2) is 36.4 Å². The number of benzene rings is 2. The highest BCUT2D eigenvalue weighted by Gasteiger charge is 2.06. The molecule has 0 heterocycles. The van der Waals surface area contributed by atoms with Gasteiger partial charge in [-0.3, -0.25) is 4.79 Å². The molecule has 1 N–H and O–H groups in total. The Kier molecular flexibility index (Phi) is 4.63. The minimum Gasteiger partial charge on any atom is -0.483 e. The van der Waals surface area contributed by atoms with Crippen LogP contribution in [-0.2, 0) is 4.79 Å². The molecule has 0 bridgehead atoms. The summed E-state index contributed by atoms with van der Waals surface area (Å²) in [7, 11) is 0. The first-order chi connectivity index (χ1) is 9.94. The molecule has 0 saturated carbocycles. The number of anilines is 1. The third-order valence-electron chi connectivity index (χ3n) is 3.19. The minimum atomic E-state index is -0.153. The average molecular weight is 283 g/mol. The van der Waals surface area contributed by atoms with Crippen molar-refractivity contribution < 1.29 is 9.53 Å². The second kappa shape index (κ2) is 6.44. The van der Waals surface area contributed by atoms with Crippen molar-refractivity contribution in [1.29, 1.82) is 0 Å². The molecule has 3 heteroatoms. The zero-order chi connectivity index (χ0) is 15.4. The summed E-state index contributed by atoms with van der Waals surface area (Å²) in [5, 5.41) is 2.86. The molecule has 0 fully saturated rings. The van der Waals surface area contributed by atoms with E-state index in [0.717, 1.165) is 28.1 Å². The van der Waals surface area contributed by atoms with Gasteiger partial charge in [-0.15, -0.1) is 0 Å². The van der Waals surface area contributed by atoms with Crippen LogP contribution in [0.3, 0.4) is 0 Å². The topological polar surface area (TPSA) is 38.3 Å². The zero-order valence-corrected chi connectivity index (χ0v) is 13.0. The van der Waals surface area contributed by atoms with E-state index in [2.05, 4.69) is 11.4 Å². The second-order valence-electron chi connectivity index (χ2n) is 5.48. The molecule has 0 radical (unpaired) electrons. The molecule has 21 heavy (non-hydrogen) atoms.